The van der Waals surface area contributed by atoms with Gasteiger partial charge in [-0.1, -0.05) is 26.0 Å². The van der Waals surface area contributed by atoms with Gasteiger partial charge in [0.05, 0.1) is 6.54 Å². The molecule has 0 saturated carbocycles. The SMILES string of the molecule is CC(C)Nc1ccc(COC(=O)NCC(=O)C(C)C)cc1. The van der Waals surface area contributed by atoms with Gasteiger partial charge in [0.25, 0.3) is 0 Å². The van der Waals surface area contributed by atoms with Crippen molar-refractivity contribution in [3.05, 3.63) is 29.8 Å². The van der Waals surface area contributed by atoms with Crippen molar-refractivity contribution in [2.24, 2.45) is 5.92 Å². The van der Waals surface area contributed by atoms with E-state index in [0.29, 0.717) is 6.04 Å². The van der Waals surface area contributed by atoms with Gasteiger partial charge in [-0.15, -0.1) is 0 Å². The van der Waals surface area contributed by atoms with Crippen LogP contribution in [0.5, 0.6) is 0 Å². The van der Waals surface area contributed by atoms with Crippen molar-refractivity contribution in [3.8, 4) is 0 Å². The number of carbonyl (C=O) groups excluding carboxylic acids is 2. The fourth-order valence-electron chi connectivity index (χ4n) is 1.59. The van der Waals surface area contributed by atoms with E-state index < -0.39 is 6.09 Å². The van der Waals surface area contributed by atoms with E-state index in [-0.39, 0.29) is 24.9 Å². The van der Waals surface area contributed by atoms with Crippen LogP contribution < -0.4 is 10.6 Å². The lowest BCUT2D eigenvalue weighted by atomic mass is 10.1. The number of amides is 1. The van der Waals surface area contributed by atoms with Gasteiger partial charge < -0.3 is 15.4 Å². The van der Waals surface area contributed by atoms with Gasteiger partial charge in [0.2, 0.25) is 0 Å². The lowest BCUT2D eigenvalue weighted by molar-refractivity contribution is -0.120. The third-order valence-corrected chi connectivity index (χ3v) is 2.83. The molecule has 1 aromatic rings. The van der Waals surface area contributed by atoms with Crippen molar-refractivity contribution in [3.63, 3.8) is 0 Å². The molecule has 0 aliphatic carbocycles. The van der Waals surface area contributed by atoms with E-state index in [1.807, 2.05) is 24.3 Å². The second-order valence-corrected chi connectivity index (χ2v) is 5.55. The van der Waals surface area contributed by atoms with Crippen molar-refractivity contribution >= 4 is 17.6 Å². The maximum absolute atomic E-state index is 11.5. The molecule has 0 saturated heterocycles. The fraction of sp³-hybridized carbons (Fsp3) is 0.500. The molecule has 5 heteroatoms. The van der Waals surface area contributed by atoms with Crippen molar-refractivity contribution in [1.82, 2.24) is 5.32 Å². The molecule has 0 fully saturated rings. The molecule has 0 radical (unpaired) electrons. The van der Waals surface area contributed by atoms with Crippen LogP contribution in [0.4, 0.5) is 10.5 Å². The Kier molecular flexibility index (Phi) is 6.72. The summed E-state index contributed by atoms with van der Waals surface area (Å²) in [4.78, 5) is 22.8. The molecule has 21 heavy (non-hydrogen) atoms. The van der Waals surface area contributed by atoms with Crippen LogP contribution in [0.3, 0.4) is 0 Å². The zero-order valence-electron chi connectivity index (χ0n) is 13.1. The van der Waals surface area contributed by atoms with Gasteiger partial charge in [-0.3, -0.25) is 4.79 Å². The third kappa shape index (κ3) is 6.79. The molecule has 0 unspecified atom stereocenters. The molecule has 5 nitrogen and oxygen atoms in total. The summed E-state index contributed by atoms with van der Waals surface area (Å²) in [5, 5.41) is 5.73. The van der Waals surface area contributed by atoms with Crippen LogP contribution in [0.15, 0.2) is 24.3 Å². The first kappa shape index (κ1) is 17.0. The number of ether oxygens (including phenoxy) is 1. The van der Waals surface area contributed by atoms with Gasteiger partial charge >= 0.3 is 6.09 Å². The minimum absolute atomic E-state index is 0.00768. The third-order valence-electron chi connectivity index (χ3n) is 2.83. The summed E-state index contributed by atoms with van der Waals surface area (Å²) in [7, 11) is 0. The number of anilines is 1. The molecule has 0 aromatic heterocycles. The molecule has 0 bridgehead atoms. The highest BCUT2D eigenvalue weighted by Crippen LogP contribution is 2.11. The summed E-state index contributed by atoms with van der Waals surface area (Å²) >= 11 is 0. The second kappa shape index (κ2) is 8.29. The zero-order chi connectivity index (χ0) is 15.8. The topological polar surface area (TPSA) is 67.4 Å². The van der Waals surface area contributed by atoms with Gasteiger partial charge in [0.15, 0.2) is 5.78 Å². The Morgan fingerprint density at radius 2 is 1.71 bits per heavy atom. The van der Waals surface area contributed by atoms with Crippen LogP contribution in [-0.4, -0.2) is 24.5 Å². The monoisotopic (exact) mass is 292 g/mol. The zero-order valence-corrected chi connectivity index (χ0v) is 13.1. The number of Topliss-reactive ketones (excluding diaryl/α,β-unsaturated/α-hetero) is 1. The first-order valence-electron chi connectivity index (χ1n) is 7.17. The van der Waals surface area contributed by atoms with E-state index in [4.69, 9.17) is 4.74 Å². The molecule has 1 amide bonds. The molecular weight excluding hydrogens is 268 g/mol. The predicted octanol–water partition coefficient (Wildman–Crippen LogP) is 2.96. The Balaban J connectivity index is 2.34. The molecule has 0 aliphatic heterocycles. The second-order valence-electron chi connectivity index (χ2n) is 5.55. The average molecular weight is 292 g/mol. The number of hydrogen-bond donors (Lipinski definition) is 2. The van der Waals surface area contributed by atoms with Crippen molar-refractivity contribution in [2.45, 2.75) is 40.3 Å². The minimum Gasteiger partial charge on any atom is -0.445 e. The number of alkyl carbamates (subject to hydrolysis) is 1. The van der Waals surface area contributed by atoms with Gasteiger partial charge in [0.1, 0.15) is 6.61 Å². The van der Waals surface area contributed by atoms with E-state index in [0.717, 1.165) is 11.3 Å². The number of benzene rings is 1. The van der Waals surface area contributed by atoms with Crippen LogP contribution in [-0.2, 0) is 16.1 Å². The van der Waals surface area contributed by atoms with Gasteiger partial charge in [-0.25, -0.2) is 4.79 Å². The quantitative estimate of drug-likeness (QED) is 0.811. The summed E-state index contributed by atoms with van der Waals surface area (Å²) in [6, 6.07) is 8.06. The highest BCUT2D eigenvalue weighted by atomic mass is 16.5. The number of ketones is 1. The van der Waals surface area contributed by atoms with Crippen LogP contribution in [0.2, 0.25) is 0 Å². The first-order chi connectivity index (χ1) is 9.88. The number of nitrogens with one attached hydrogen (secondary N) is 2. The maximum Gasteiger partial charge on any atom is 0.407 e. The summed E-state index contributed by atoms with van der Waals surface area (Å²) in [6.45, 7) is 7.92. The Bertz CT molecular complexity index is 467. The van der Waals surface area contributed by atoms with Crippen LogP contribution in [0.25, 0.3) is 0 Å². The van der Waals surface area contributed by atoms with Crippen molar-refractivity contribution in [2.75, 3.05) is 11.9 Å². The minimum atomic E-state index is -0.576. The van der Waals surface area contributed by atoms with E-state index in [9.17, 15) is 9.59 Å². The van der Waals surface area contributed by atoms with E-state index in [2.05, 4.69) is 24.5 Å². The van der Waals surface area contributed by atoms with Crippen molar-refractivity contribution in [1.29, 1.82) is 0 Å². The molecule has 1 rings (SSSR count). The largest absolute Gasteiger partial charge is 0.445 e. The summed E-state index contributed by atoms with van der Waals surface area (Å²) in [6.07, 6.45) is -0.576. The Morgan fingerprint density at radius 3 is 2.24 bits per heavy atom. The number of carbonyl (C=O) groups is 2. The number of hydrogen-bond acceptors (Lipinski definition) is 4. The standard InChI is InChI=1S/C16H24N2O3/c1-11(2)15(19)9-17-16(20)21-10-13-5-7-14(8-6-13)18-12(3)4/h5-8,11-12,18H,9-10H2,1-4H3,(H,17,20). The number of rotatable bonds is 7. The van der Waals surface area contributed by atoms with E-state index in [1.54, 1.807) is 13.8 Å². The normalized spacial score (nSPS) is 10.6. The highest BCUT2D eigenvalue weighted by molar-refractivity contribution is 5.85. The summed E-state index contributed by atoms with van der Waals surface area (Å²) in [5.74, 6) is -0.109. The Morgan fingerprint density at radius 1 is 1.10 bits per heavy atom. The molecule has 1 aromatic carbocycles. The molecule has 0 heterocycles. The molecule has 0 spiro atoms. The lowest BCUT2D eigenvalue weighted by Gasteiger charge is -2.11. The lowest BCUT2D eigenvalue weighted by Crippen LogP contribution is -2.31. The Hall–Kier alpha value is -2.04. The molecule has 0 atom stereocenters. The fourth-order valence-corrected chi connectivity index (χ4v) is 1.59. The first-order valence-corrected chi connectivity index (χ1v) is 7.17. The summed E-state index contributed by atoms with van der Waals surface area (Å²) < 4.78 is 5.06. The molecular formula is C16H24N2O3. The van der Waals surface area contributed by atoms with Gasteiger partial charge in [0, 0.05) is 17.6 Å². The van der Waals surface area contributed by atoms with Crippen LogP contribution in [0, 0.1) is 5.92 Å². The molecule has 116 valence electrons. The van der Waals surface area contributed by atoms with Crippen molar-refractivity contribution < 1.29 is 14.3 Å². The molecule has 0 aliphatic rings. The van der Waals surface area contributed by atoms with Gasteiger partial charge in [-0.2, -0.15) is 0 Å². The van der Waals surface area contributed by atoms with E-state index in [1.165, 1.54) is 0 Å². The van der Waals surface area contributed by atoms with Gasteiger partial charge in [-0.05, 0) is 31.5 Å². The molecule has 2 N–H and O–H groups in total. The maximum atomic E-state index is 11.5. The van der Waals surface area contributed by atoms with Crippen LogP contribution in [0.1, 0.15) is 33.3 Å². The predicted molar refractivity (Wildman–Crippen MR) is 83.2 cm³/mol. The van der Waals surface area contributed by atoms with Crippen LogP contribution >= 0.6 is 0 Å². The van der Waals surface area contributed by atoms with E-state index >= 15 is 0 Å². The average Bonchev–Trinajstić information content (AvgIpc) is 2.43. The Labute approximate surface area is 126 Å². The smallest absolute Gasteiger partial charge is 0.407 e. The summed E-state index contributed by atoms with van der Waals surface area (Å²) in [5.41, 5.74) is 1.93. The highest BCUT2D eigenvalue weighted by Gasteiger charge is 2.09.